The molecule has 0 bridgehead atoms. The Hall–Kier alpha value is -1.45. The van der Waals surface area contributed by atoms with E-state index in [-0.39, 0.29) is 0 Å². The van der Waals surface area contributed by atoms with Crippen LogP contribution in [0.2, 0.25) is 0 Å². The van der Waals surface area contributed by atoms with Gasteiger partial charge in [-0.1, -0.05) is 0 Å². The van der Waals surface area contributed by atoms with Crippen molar-refractivity contribution in [2.75, 3.05) is 11.5 Å². The quantitative estimate of drug-likeness (QED) is 0.679. The van der Waals surface area contributed by atoms with E-state index in [1.807, 2.05) is 0 Å². The SMILES string of the molecule is Nc1cc(OC2CC2)cnc1N. The molecule has 1 saturated carbocycles. The van der Waals surface area contributed by atoms with Gasteiger partial charge in [0.25, 0.3) is 0 Å². The summed E-state index contributed by atoms with van der Waals surface area (Å²) in [6.07, 6.45) is 4.23. The molecule has 0 saturated heterocycles. The lowest BCUT2D eigenvalue weighted by atomic mass is 10.4. The van der Waals surface area contributed by atoms with Gasteiger partial charge in [0.05, 0.1) is 18.0 Å². The Morgan fingerprint density at radius 1 is 1.42 bits per heavy atom. The van der Waals surface area contributed by atoms with Crippen molar-refractivity contribution in [3.8, 4) is 5.75 Å². The fourth-order valence-corrected chi connectivity index (χ4v) is 0.915. The second kappa shape index (κ2) is 2.55. The van der Waals surface area contributed by atoms with Gasteiger partial charge in [-0.15, -0.1) is 0 Å². The van der Waals surface area contributed by atoms with Crippen LogP contribution in [0.4, 0.5) is 11.5 Å². The molecule has 1 aromatic rings. The molecule has 12 heavy (non-hydrogen) atoms. The number of anilines is 2. The Morgan fingerprint density at radius 3 is 2.75 bits per heavy atom. The van der Waals surface area contributed by atoms with Crippen LogP contribution in [-0.4, -0.2) is 11.1 Å². The maximum absolute atomic E-state index is 5.55. The number of ether oxygens (including phenoxy) is 1. The molecule has 1 heterocycles. The first-order valence-corrected chi connectivity index (χ1v) is 3.93. The van der Waals surface area contributed by atoms with Crippen molar-refractivity contribution in [3.05, 3.63) is 12.3 Å². The van der Waals surface area contributed by atoms with E-state index in [9.17, 15) is 0 Å². The minimum absolute atomic E-state index is 0.359. The van der Waals surface area contributed by atoms with Gasteiger partial charge in [-0.2, -0.15) is 0 Å². The van der Waals surface area contributed by atoms with E-state index >= 15 is 0 Å². The number of hydrogen-bond donors (Lipinski definition) is 2. The lowest BCUT2D eigenvalue weighted by molar-refractivity contribution is 0.302. The van der Waals surface area contributed by atoms with Crippen molar-refractivity contribution in [1.82, 2.24) is 4.98 Å². The summed E-state index contributed by atoms with van der Waals surface area (Å²) in [6.45, 7) is 0. The first kappa shape index (κ1) is 7.21. The zero-order chi connectivity index (χ0) is 8.55. The Labute approximate surface area is 70.5 Å². The molecule has 1 fully saturated rings. The second-order valence-electron chi connectivity index (χ2n) is 2.96. The molecule has 0 unspecified atom stereocenters. The third kappa shape index (κ3) is 1.42. The predicted molar refractivity (Wildman–Crippen MR) is 46.7 cm³/mol. The minimum atomic E-state index is 0.359. The van der Waals surface area contributed by atoms with Gasteiger partial charge < -0.3 is 16.2 Å². The highest BCUT2D eigenvalue weighted by Gasteiger charge is 2.23. The van der Waals surface area contributed by atoms with Crippen molar-refractivity contribution in [3.63, 3.8) is 0 Å². The Bertz CT molecular complexity index is 296. The van der Waals surface area contributed by atoms with E-state index in [4.69, 9.17) is 16.2 Å². The third-order valence-electron chi connectivity index (χ3n) is 1.75. The number of nitrogens with two attached hydrogens (primary N) is 2. The van der Waals surface area contributed by atoms with Crippen LogP contribution in [0, 0.1) is 0 Å². The number of rotatable bonds is 2. The molecule has 0 spiro atoms. The highest BCUT2D eigenvalue weighted by Crippen LogP contribution is 2.28. The maximum Gasteiger partial charge on any atom is 0.146 e. The van der Waals surface area contributed by atoms with E-state index in [0.29, 0.717) is 23.4 Å². The van der Waals surface area contributed by atoms with Gasteiger partial charge in [-0.3, -0.25) is 0 Å². The Kier molecular flexibility index (Phi) is 1.53. The average Bonchev–Trinajstić information content (AvgIpc) is 2.81. The van der Waals surface area contributed by atoms with Crippen molar-refractivity contribution < 1.29 is 4.74 Å². The summed E-state index contributed by atoms with van der Waals surface area (Å²) < 4.78 is 5.46. The monoisotopic (exact) mass is 165 g/mol. The van der Waals surface area contributed by atoms with Crippen molar-refractivity contribution in [1.29, 1.82) is 0 Å². The summed E-state index contributed by atoms with van der Waals surface area (Å²) in [6, 6.07) is 1.71. The molecule has 1 aliphatic rings. The number of nitrogen functional groups attached to an aromatic ring is 2. The van der Waals surface area contributed by atoms with Gasteiger partial charge in [0.1, 0.15) is 11.6 Å². The molecule has 4 N–H and O–H groups in total. The van der Waals surface area contributed by atoms with Crippen LogP contribution in [0.1, 0.15) is 12.8 Å². The molecule has 4 heteroatoms. The molecule has 0 amide bonds. The van der Waals surface area contributed by atoms with Crippen LogP contribution in [0.15, 0.2) is 12.3 Å². The van der Waals surface area contributed by atoms with Crippen LogP contribution < -0.4 is 16.2 Å². The number of nitrogens with zero attached hydrogens (tertiary/aromatic N) is 1. The second-order valence-corrected chi connectivity index (χ2v) is 2.96. The van der Waals surface area contributed by atoms with E-state index in [0.717, 1.165) is 12.8 Å². The predicted octanol–water partition coefficient (Wildman–Crippen LogP) is 0.787. The van der Waals surface area contributed by atoms with Crippen LogP contribution in [0.3, 0.4) is 0 Å². The maximum atomic E-state index is 5.55. The van der Waals surface area contributed by atoms with E-state index < -0.39 is 0 Å². The molecule has 1 aliphatic carbocycles. The fraction of sp³-hybridized carbons (Fsp3) is 0.375. The molecule has 0 radical (unpaired) electrons. The molecule has 64 valence electrons. The summed E-state index contributed by atoms with van der Waals surface area (Å²) in [4.78, 5) is 3.89. The highest BCUT2D eigenvalue weighted by atomic mass is 16.5. The lowest BCUT2D eigenvalue weighted by Gasteiger charge is -2.05. The van der Waals surface area contributed by atoms with Gasteiger partial charge in [0.2, 0.25) is 0 Å². The normalized spacial score (nSPS) is 16.0. The van der Waals surface area contributed by atoms with Crippen molar-refractivity contribution in [2.24, 2.45) is 0 Å². The molecule has 1 aromatic heterocycles. The van der Waals surface area contributed by atoms with Crippen molar-refractivity contribution >= 4 is 11.5 Å². The summed E-state index contributed by atoms with van der Waals surface area (Å²) in [5, 5.41) is 0. The third-order valence-corrected chi connectivity index (χ3v) is 1.75. The van der Waals surface area contributed by atoms with Crippen LogP contribution >= 0.6 is 0 Å². The van der Waals surface area contributed by atoms with Gasteiger partial charge in [0, 0.05) is 6.07 Å². The number of hydrogen-bond acceptors (Lipinski definition) is 4. The van der Waals surface area contributed by atoms with Gasteiger partial charge in [0.15, 0.2) is 0 Å². The first-order chi connectivity index (χ1) is 5.75. The zero-order valence-corrected chi connectivity index (χ0v) is 6.66. The highest BCUT2D eigenvalue weighted by molar-refractivity contribution is 5.59. The van der Waals surface area contributed by atoms with Gasteiger partial charge in [-0.05, 0) is 12.8 Å². The smallest absolute Gasteiger partial charge is 0.146 e. The Balaban J connectivity index is 2.15. The summed E-state index contributed by atoms with van der Waals surface area (Å²) in [7, 11) is 0. The number of aromatic nitrogens is 1. The molecule has 4 nitrogen and oxygen atoms in total. The van der Waals surface area contributed by atoms with Crippen LogP contribution in [-0.2, 0) is 0 Å². The summed E-state index contributed by atoms with van der Waals surface area (Å²) >= 11 is 0. The molecule has 2 rings (SSSR count). The van der Waals surface area contributed by atoms with E-state index in [2.05, 4.69) is 4.98 Å². The minimum Gasteiger partial charge on any atom is -0.489 e. The van der Waals surface area contributed by atoms with Crippen LogP contribution in [0.25, 0.3) is 0 Å². The fourth-order valence-electron chi connectivity index (χ4n) is 0.915. The molecule has 0 aliphatic heterocycles. The molecular weight excluding hydrogens is 154 g/mol. The molecule has 0 atom stereocenters. The molecule has 0 aromatic carbocycles. The first-order valence-electron chi connectivity index (χ1n) is 3.93. The Morgan fingerprint density at radius 2 is 2.17 bits per heavy atom. The van der Waals surface area contributed by atoms with E-state index in [1.165, 1.54) is 0 Å². The van der Waals surface area contributed by atoms with Gasteiger partial charge >= 0.3 is 0 Å². The zero-order valence-electron chi connectivity index (χ0n) is 6.66. The summed E-state index contributed by atoms with van der Waals surface area (Å²) in [5.74, 6) is 1.07. The van der Waals surface area contributed by atoms with Crippen molar-refractivity contribution in [2.45, 2.75) is 18.9 Å². The summed E-state index contributed by atoms with van der Waals surface area (Å²) in [5.41, 5.74) is 11.5. The van der Waals surface area contributed by atoms with E-state index in [1.54, 1.807) is 12.3 Å². The average molecular weight is 165 g/mol. The van der Waals surface area contributed by atoms with Crippen LogP contribution in [0.5, 0.6) is 5.75 Å². The standard InChI is InChI=1S/C8H11N3O/c9-7-3-6(4-11-8(7)10)12-5-1-2-5/h3-5H,1-2,9H2,(H2,10,11). The number of pyridine rings is 1. The van der Waals surface area contributed by atoms with Gasteiger partial charge in [-0.25, -0.2) is 4.98 Å². The topological polar surface area (TPSA) is 74.2 Å². The lowest BCUT2D eigenvalue weighted by Crippen LogP contribution is -2.01. The largest absolute Gasteiger partial charge is 0.489 e. The molecular formula is C8H11N3O.